The van der Waals surface area contributed by atoms with Crippen LogP contribution in [0.25, 0.3) is 0 Å². The lowest BCUT2D eigenvalue weighted by atomic mass is 10.2. The fourth-order valence-electron chi connectivity index (χ4n) is 2.41. The van der Waals surface area contributed by atoms with Crippen LogP contribution < -0.4 is 10.6 Å². The van der Waals surface area contributed by atoms with E-state index in [1.54, 1.807) is 30.6 Å². The van der Waals surface area contributed by atoms with E-state index in [9.17, 15) is 4.79 Å². The molecule has 0 saturated heterocycles. The van der Waals surface area contributed by atoms with Crippen molar-refractivity contribution in [2.24, 2.45) is 0 Å². The highest BCUT2D eigenvalue weighted by Crippen LogP contribution is 2.21. The smallest absolute Gasteiger partial charge is 0.339 e. The lowest BCUT2D eigenvalue weighted by Gasteiger charge is -2.12. The zero-order chi connectivity index (χ0) is 18.4. The molecule has 0 aliphatic carbocycles. The van der Waals surface area contributed by atoms with Crippen LogP contribution in [0.2, 0.25) is 0 Å². The van der Waals surface area contributed by atoms with Gasteiger partial charge in [0.2, 0.25) is 5.95 Å². The van der Waals surface area contributed by atoms with E-state index in [-0.39, 0.29) is 0 Å². The Bertz CT molecular complexity index is 899. The summed E-state index contributed by atoms with van der Waals surface area (Å²) in [7, 11) is 1.35. The Kier molecular flexibility index (Phi) is 5.38. The molecule has 0 aliphatic heterocycles. The van der Waals surface area contributed by atoms with Crippen LogP contribution in [0.4, 0.5) is 17.5 Å². The number of pyridine rings is 1. The van der Waals surface area contributed by atoms with Gasteiger partial charge in [-0.2, -0.15) is 4.98 Å². The number of hydrogen-bond acceptors (Lipinski definition) is 7. The van der Waals surface area contributed by atoms with Crippen molar-refractivity contribution >= 4 is 23.4 Å². The molecule has 3 rings (SSSR count). The highest BCUT2D eigenvalue weighted by atomic mass is 16.5. The number of carbonyl (C=O) groups is 1. The van der Waals surface area contributed by atoms with E-state index in [4.69, 9.17) is 4.74 Å². The Morgan fingerprint density at radius 1 is 1.15 bits per heavy atom. The maximum Gasteiger partial charge on any atom is 0.339 e. The van der Waals surface area contributed by atoms with Crippen LogP contribution in [-0.2, 0) is 11.3 Å². The molecule has 0 aliphatic rings. The molecule has 3 aromatic rings. The predicted molar refractivity (Wildman–Crippen MR) is 99.4 cm³/mol. The quantitative estimate of drug-likeness (QED) is 0.660. The molecule has 0 atom stereocenters. The molecule has 132 valence electrons. The number of rotatable bonds is 6. The Morgan fingerprint density at radius 3 is 2.77 bits per heavy atom. The second-order valence-corrected chi connectivity index (χ2v) is 5.60. The van der Waals surface area contributed by atoms with Gasteiger partial charge in [-0.1, -0.05) is 18.2 Å². The monoisotopic (exact) mass is 349 g/mol. The van der Waals surface area contributed by atoms with Gasteiger partial charge < -0.3 is 15.4 Å². The van der Waals surface area contributed by atoms with Crippen molar-refractivity contribution in [3.05, 3.63) is 71.7 Å². The fraction of sp³-hybridized carbons (Fsp3) is 0.158. The van der Waals surface area contributed by atoms with Crippen LogP contribution in [0.15, 0.2) is 54.9 Å². The maximum absolute atomic E-state index is 11.9. The first-order valence-corrected chi connectivity index (χ1v) is 8.08. The maximum atomic E-state index is 11.9. The first-order valence-electron chi connectivity index (χ1n) is 8.08. The van der Waals surface area contributed by atoms with E-state index in [1.165, 1.54) is 7.11 Å². The van der Waals surface area contributed by atoms with Crippen molar-refractivity contribution in [1.29, 1.82) is 0 Å². The highest BCUT2D eigenvalue weighted by Gasteiger charge is 2.12. The number of carbonyl (C=O) groups excluding carboxylic acids is 1. The molecule has 2 aromatic heterocycles. The lowest BCUT2D eigenvalue weighted by Crippen LogP contribution is -2.09. The van der Waals surface area contributed by atoms with Gasteiger partial charge in [0.1, 0.15) is 5.82 Å². The third-order valence-electron chi connectivity index (χ3n) is 3.63. The number of para-hydroxylation sites is 1. The second kappa shape index (κ2) is 8.06. The van der Waals surface area contributed by atoms with Crippen LogP contribution >= 0.6 is 0 Å². The van der Waals surface area contributed by atoms with Gasteiger partial charge in [-0.25, -0.2) is 9.78 Å². The van der Waals surface area contributed by atoms with Crippen LogP contribution in [0.3, 0.4) is 0 Å². The van der Waals surface area contributed by atoms with Gasteiger partial charge in [0.15, 0.2) is 0 Å². The molecular formula is C19H19N5O2. The minimum absolute atomic E-state index is 0.398. The molecule has 0 unspecified atom stereocenters. The summed E-state index contributed by atoms with van der Waals surface area (Å²) < 4.78 is 4.81. The first kappa shape index (κ1) is 17.3. The van der Waals surface area contributed by atoms with Crippen LogP contribution in [-0.4, -0.2) is 28.0 Å². The van der Waals surface area contributed by atoms with Gasteiger partial charge in [0.25, 0.3) is 0 Å². The number of methoxy groups -OCH3 is 1. The SMILES string of the molecule is COC(=O)c1ccccc1Nc1nc(C)cc(NCc2cccnc2)n1. The minimum Gasteiger partial charge on any atom is -0.465 e. The van der Waals surface area contributed by atoms with E-state index in [2.05, 4.69) is 25.6 Å². The van der Waals surface area contributed by atoms with Gasteiger partial charge in [0, 0.05) is 30.7 Å². The molecule has 0 fully saturated rings. The summed E-state index contributed by atoms with van der Waals surface area (Å²) in [6.45, 7) is 2.48. The molecular weight excluding hydrogens is 330 g/mol. The summed E-state index contributed by atoms with van der Waals surface area (Å²) in [6.07, 6.45) is 3.53. The molecule has 7 heteroatoms. The van der Waals surface area contributed by atoms with Gasteiger partial charge in [-0.15, -0.1) is 0 Å². The van der Waals surface area contributed by atoms with Gasteiger partial charge in [-0.3, -0.25) is 4.98 Å². The summed E-state index contributed by atoms with van der Waals surface area (Å²) in [5.41, 5.74) is 2.86. The lowest BCUT2D eigenvalue weighted by molar-refractivity contribution is 0.0602. The first-order chi connectivity index (χ1) is 12.7. The van der Waals surface area contributed by atoms with E-state index >= 15 is 0 Å². The summed E-state index contributed by atoms with van der Waals surface area (Å²) in [5, 5.41) is 6.35. The normalized spacial score (nSPS) is 10.2. The number of nitrogens with one attached hydrogen (secondary N) is 2. The minimum atomic E-state index is -0.421. The second-order valence-electron chi connectivity index (χ2n) is 5.60. The molecule has 0 radical (unpaired) electrons. The number of aromatic nitrogens is 3. The predicted octanol–water partition coefficient (Wildman–Crippen LogP) is 3.32. The van der Waals surface area contributed by atoms with E-state index in [0.29, 0.717) is 29.6 Å². The highest BCUT2D eigenvalue weighted by molar-refractivity contribution is 5.96. The number of hydrogen-bond donors (Lipinski definition) is 2. The molecule has 2 N–H and O–H groups in total. The Hall–Kier alpha value is -3.48. The van der Waals surface area contributed by atoms with Crippen LogP contribution in [0.1, 0.15) is 21.6 Å². The van der Waals surface area contributed by atoms with E-state index in [0.717, 1.165) is 11.3 Å². The largest absolute Gasteiger partial charge is 0.465 e. The van der Waals surface area contributed by atoms with Gasteiger partial charge in [0.05, 0.1) is 18.4 Å². The molecule has 0 spiro atoms. The Morgan fingerprint density at radius 2 is 2.00 bits per heavy atom. The average Bonchev–Trinajstić information content (AvgIpc) is 2.66. The summed E-state index contributed by atoms with van der Waals surface area (Å²) in [6, 6.07) is 12.8. The molecule has 1 aromatic carbocycles. The number of benzene rings is 1. The van der Waals surface area contributed by atoms with Crippen LogP contribution in [0.5, 0.6) is 0 Å². The van der Waals surface area contributed by atoms with E-state index in [1.807, 2.05) is 31.2 Å². The molecule has 0 saturated carbocycles. The zero-order valence-electron chi connectivity index (χ0n) is 14.6. The van der Waals surface area contributed by atoms with Crippen molar-refractivity contribution in [2.45, 2.75) is 13.5 Å². The number of esters is 1. The van der Waals surface area contributed by atoms with Crippen molar-refractivity contribution in [3.63, 3.8) is 0 Å². The van der Waals surface area contributed by atoms with Crippen molar-refractivity contribution in [2.75, 3.05) is 17.7 Å². The van der Waals surface area contributed by atoms with E-state index < -0.39 is 5.97 Å². The third kappa shape index (κ3) is 4.32. The number of aryl methyl sites for hydroxylation is 1. The Labute approximate surface area is 151 Å². The number of anilines is 3. The summed E-state index contributed by atoms with van der Waals surface area (Å²) in [5.74, 6) is 0.658. The van der Waals surface area contributed by atoms with Crippen molar-refractivity contribution in [3.8, 4) is 0 Å². The standard InChI is InChI=1S/C19H19N5O2/c1-13-10-17(21-12-14-6-5-9-20-11-14)24-19(22-13)23-16-8-4-3-7-15(16)18(25)26-2/h3-11H,12H2,1-2H3,(H2,21,22,23,24). The Balaban J connectivity index is 1.79. The number of nitrogens with zero attached hydrogens (tertiary/aromatic N) is 3. The van der Waals surface area contributed by atoms with Gasteiger partial charge >= 0.3 is 5.97 Å². The van der Waals surface area contributed by atoms with Gasteiger partial charge in [-0.05, 0) is 30.7 Å². The molecule has 2 heterocycles. The number of ether oxygens (including phenoxy) is 1. The summed E-state index contributed by atoms with van der Waals surface area (Å²) >= 11 is 0. The average molecular weight is 349 g/mol. The summed E-state index contributed by atoms with van der Waals surface area (Å²) in [4.78, 5) is 24.8. The molecule has 26 heavy (non-hydrogen) atoms. The third-order valence-corrected chi connectivity index (χ3v) is 3.63. The molecule has 0 amide bonds. The van der Waals surface area contributed by atoms with Crippen molar-refractivity contribution < 1.29 is 9.53 Å². The zero-order valence-corrected chi connectivity index (χ0v) is 14.6. The molecule has 7 nitrogen and oxygen atoms in total. The molecule has 0 bridgehead atoms. The topological polar surface area (TPSA) is 89.0 Å². The van der Waals surface area contributed by atoms with Crippen molar-refractivity contribution in [1.82, 2.24) is 15.0 Å². The fourth-order valence-corrected chi connectivity index (χ4v) is 2.41. The van der Waals surface area contributed by atoms with Crippen LogP contribution in [0, 0.1) is 6.92 Å².